The molecule has 0 aromatic carbocycles. The van der Waals surface area contributed by atoms with Crippen molar-refractivity contribution in [1.82, 2.24) is 10.6 Å². The van der Waals surface area contributed by atoms with Crippen LogP contribution in [0.25, 0.3) is 0 Å². The first-order chi connectivity index (χ1) is 9.97. The van der Waals surface area contributed by atoms with Crippen LogP contribution in [0, 0.1) is 5.92 Å². The quantitative estimate of drug-likeness (QED) is 0.471. The van der Waals surface area contributed by atoms with Gasteiger partial charge in [-0.25, -0.2) is 9.59 Å². The largest absolute Gasteiger partial charge is 0.480 e. The monoisotopic (exact) mass is 304 g/mol. The summed E-state index contributed by atoms with van der Waals surface area (Å²) >= 11 is 0. The lowest BCUT2D eigenvalue weighted by Crippen LogP contribution is -2.46. The van der Waals surface area contributed by atoms with Crippen molar-refractivity contribution in [1.29, 1.82) is 0 Å². The van der Waals surface area contributed by atoms with Gasteiger partial charge in [0.2, 0.25) is 0 Å². The molecule has 2 amide bonds. The Morgan fingerprint density at radius 3 is 2.43 bits per heavy atom. The molecule has 0 heterocycles. The molecule has 0 fully saturated rings. The molecule has 0 saturated carbocycles. The van der Waals surface area contributed by atoms with Gasteiger partial charge in [-0.15, -0.1) is 0 Å². The van der Waals surface area contributed by atoms with Gasteiger partial charge in [0.05, 0.1) is 6.61 Å². The first kappa shape index (κ1) is 19.7. The van der Waals surface area contributed by atoms with Crippen LogP contribution in [0.5, 0.6) is 0 Å². The third-order valence-corrected chi connectivity index (χ3v) is 2.82. The molecule has 1 unspecified atom stereocenters. The topological polar surface area (TPSA) is 96.9 Å². The molecule has 0 aromatic rings. The summed E-state index contributed by atoms with van der Waals surface area (Å²) in [5, 5.41) is 14.0. The average molecular weight is 304 g/mol. The standard InChI is InChI=1S/C14H28N2O5/c1-11(2)6-9-21-10-7-15-14(19)16-12(13(17)18)5-4-8-20-3/h11-12H,4-10H2,1-3H3,(H,17,18)(H2,15,16,19). The second kappa shape index (κ2) is 12.4. The van der Waals surface area contributed by atoms with Crippen molar-refractivity contribution in [3.05, 3.63) is 0 Å². The van der Waals surface area contributed by atoms with E-state index in [4.69, 9.17) is 14.6 Å². The molecule has 0 radical (unpaired) electrons. The predicted octanol–water partition coefficient (Wildman–Crippen LogP) is 1.23. The maximum Gasteiger partial charge on any atom is 0.326 e. The highest BCUT2D eigenvalue weighted by Crippen LogP contribution is 1.99. The normalized spacial score (nSPS) is 12.2. The van der Waals surface area contributed by atoms with Crippen molar-refractivity contribution >= 4 is 12.0 Å². The van der Waals surface area contributed by atoms with Crippen LogP contribution in [0.3, 0.4) is 0 Å². The number of aliphatic carboxylic acids is 1. The van der Waals surface area contributed by atoms with Gasteiger partial charge in [-0.2, -0.15) is 0 Å². The third-order valence-electron chi connectivity index (χ3n) is 2.82. The number of urea groups is 1. The molecule has 3 N–H and O–H groups in total. The average Bonchev–Trinajstić information content (AvgIpc) is 2.41. The fourth-order valence-corrected chi connectivity index (χ4v) is 1.56. The maximum atomic E-state index is 11.6. The summed E-state index contributed by atoms with van der Waals surface area (Å²) in [6.45, 7) is 6.14. The maximum absolute atomic E-state index is 11.6. The Kier molecular flexibility index (Phi) is 11.6. The van der Waals surface area contributed by atoms with Crippen LogP contribution in [-0.4, -0.2) is 56.6 Å². The number of amides is 2. The number of methoxy groups -OCH3 is 1. The van der Waals surface area contributed by atoms with E-state index in [9.17, 15) is 9.59 Å². The second-order valence-electron chi connectivity index (χ2n) is 5.22. The van der Waals surface area contributed by atoms with Gasteiger partial charge < -0.3 is 25.2 Å². The molecule has 0 saturated heterocycles. The van der Waals surface area contributed by atoms with Crippen LogP contribution in [-0.2, 0) is 14.3 Å². The van der Waals surface area contributed by atoms with Crippen LogP contribution >= 0.6 is 0 Å². The molecule has 1 atom stereocenters. The number of hydrogen-bond acceptors (Lipinski definition) is 4. The lowest BCUT2D eigenvalue weighted by atomic mass is 10.1. The van der Waals surface area contributed by atoms with Crippen LogP contribution < -0.4 is 10.6 Å². The fourth-order valence-electron chi connectivity index (χ4n) is 1.56. The Balaban J connectivity index is 3.75. The van der Waals surface area contributed by atoms with Gasteiger partial charge in [0, 0.05) is 26.9 Å². The van der Waals surface area contributed by atoms with E-state index in [2.05, 4.69) is 24.5 Å². The molecule has 0 aliphatic heterocycles. The highest BCUT2D eigenvalue weighted by Gasteiger charge is 2.18. The molecule has 0 aliphatic carbocycles. The Labute approximate surface area is 126 Å². The van der Waals surface area contributed by atoms with Crippen molar-refractivity contribution in [3.8, 4) is 0 Å². The van der Waals surface area contributed by atoms with E-state index in [1.54, 1.807) is 7.11 Å². The van der Waals surface area contributed by atoms with E-state index in [-0.39, 0.29) is 0 Å². The molecule has 0 rings (SSSR count). The second-order valence-corrected chi connectivity index (χ2v) is 5.22. The lowest BCUT2D eigenvalue weighted by Gasteiger charge is -2.15. The predicted molar refractivity (Wildman–Crippen MR) is 79.3 cm³/mol. The molecular weight excluding hydrogens is 276 g/mol. The van der Waals surface area contributed by atoms with E-state index >= 15 is 0 Å². The SMILES string of the molecule is COCCCC(NC(=O)NCCOCCC(C)C)C(=O)O. The number of carboxylic acids is 1. The summed E-state index contributed by atoms with van der Waals surface area (Å²) in [7, 11) is 1.55. The molecule has 0 spiro atoms. The Morgan fingerprint density at radius 2 is 1.86 bits per heavy atom. The Bertz CT molecular complexity index is 297. The molecule has 124 valence electrons. The first-order valence-corrected chi connectivity index (χ1v) is 7.31. The molecule has 0 aliphatic rings. The van der Waals surface area contributed by atoms with Crippen molar-refractivity contribution in [2.75, 3.05) is 33.5 Å². The number of hydrogen-bond donors (Lipinski definition) is 3. The zero-order valence-electron chi connectivity index (χ0n) is 13.2. The number of nitrogens with one attached hydrogen (secondary N) is 2. The lowest BCUT2D eigenvalue weighted by molar-refractivity contribution is -0.139. The van der Waals surface area contributed by atoms with Crippen LogP contribution in [0.15, 0.2) is 0 Å². The van der Waals surface area contributed by atoms with Gasteiger partial charge >= 0.3 is 12.0 Å². The van der Waals surface area contributed by atoms with E-state index in [0.29, 0.717) is 45.1 Å². The summed E-state index contributed by atoms with van der Waals surface area (Å²) in [5.74, 6) is -0.459. The Morgan fingerprint density at radius 1 is 1.14 bits per heavy atom. The number of ether oxygens (including phenoxy) is 2. The van der Waals surface area contributed by atoms with Crippen molar-refractivity contribution in [2.45, 2.75) is 39.2 Å². The first-order valence-electron chi connectivity index (χ1n) is 7.31. The van der Waals surface area contributed by atoms with E-state index in [1.165, 1.54) is 0 Å². The van der Waals surface area contributed by atoms with Gasteiger partial charge in [0.25, 0.3) is 0 Å². The van der Waals surface area contributed by atoms with Gasteiger partial charge in [0.15, 0.2) is 0 Å². The van der Waals surface area contributed by atoms with Crippen molar-refractivity contribution in [2.24, 2.45) is 5.92 Å². The summed E-state index contributed by atoms with van der Waals surface area (Å²) < 4.78 is 10.2. The summed E-state index contributed by atoms with van der Waals surface area (Å²) in [6.07, 6.45) is 1.89. The number of carbonyl (C=O) groups is 2. The highest BCUT2D eigenvalue weighted by atomic mass is 16.5. The zero-order valence-corrected chi connectivity index (χ0v) is 13.2. The van der Waals surface area contributed by atoms with E-state index in [1.807, 2.05) is 0 Å². The van der Waals surface area contributed by atoms with Gasteiger partial charge in [-0.05, 0) is 25.2 Å². The number of carboxylic acid groups (broad SMARTS) is 1. The minimum Gasteiger partial charge on any atom is -0.480 e. The van der Waals surface area contributed by atoms with Crippen LogP contribution in [0.2, 0.25) is 0 Å². The fraction of sp³-hybridized carbons (Fsp3) is 0.857. The summed E-state index contributed by atoms with van der Waals surface area (Å²) in [6, 6.07) is -1.39. The molecule has 0 aromatic heterocycles. The molecule has 7 heteroatoms. The minimum absolute atomic E-state index is 0.335. The third kappa shape index (κ3) is 12.1. The van der Waals surface area contributed by atoms with E-state index < -0.39 is 18.0 Å². The van der Waals surface area contributed by atoms with E-state index in [0.717, 1.165) is 6.42 Å². The van der Waals surface area contributed by atoms with Gasteiger partial charge in [0.1, 0.15) is 6.04 Å². The Hall–Kier alpha value is -1.34. The van der Waals surface area contributed by atoms with Crippen LogP contribution in [0.4, 0.5) is 4.79 Å². The number of rotatable bonds is 12. The number of carbonyl (C=O) groups excluding carboxylic acids is 1. The highest BCUT2D eigenvalue weighted by molar-refractivity contribution is 5.82. The van der Waals surface area contributed by atoms with Crippen molar-refractivity contribution in [3.63, 3.8) is 0 Å². The van der Waals surface area contributed by atoms with Gasteiger partial charge in [-0.1, -0.05) is 13.8 Å². The summed E-state index contributed by atoms with van der Waals surface area (Å²) in [4.78, 5) is 22.6. The molecular formula is C14H28N2O5. The molecule has 7 nitrogen and oxygen atoms in total. The van der Waals surface area contributed by atoms with Crippen LogP contribution in [0.1, 0.15) is 33.1 Å². The van der Waals surface area contributed by atoms with Crippen molar-refractivity contribution < 1.29 is 24.2 Å². The zero-order chi connectivity index (χ0) is 16.1. The summed E-state index contributed by atoms with van der Waals surface area (Å²) in [5.41, 5.74) is 0. The molecule has 0 bridgehead atoms. The smallest absolute Gasteiger partial charge is 0.326 e. The minimum atomic E-state index is -1.05. The molecule has 21 heavy (non-hydrogen) atoms. The van der Waals surface area contributed by atoms with Gasteiger partial charge in [-0.3, -0.25) is 0 Å².